The van der Waals surface area contributed by atoms with Gasteiger partial charge >= 0.3 is 0 Å². The summed E-state index contributed by atoms with van der Waals surface area (Å²) in [7, 11) is 0. The zero-order valence-electron chi connectivity index (χ0n) is 4.42. The van der Waals surface area contributed by atoms with Crippen molar-refractivity contribution < 1.29 is 9.84 Å². The molecular weight excluding hydrogens is 104 g/mol. The van der Waals surface area contributed by atoms with E-state index in [4.69, 9.17) is 9.84 Å². The van der Waals surface area contributed by atoms with Crippen LogP contribution in [0.5, 0.6) is 0 Å². The lowest BCUT2D eigenvalue weighted by molar-refractivity contribution is -0.162. The summed E-state index contributed by atoms with van der Waals surface area (Å²) in [5, 5.41) is 8.78. The van der Waals surface area contributed by atoms with Crippen LogP contribution in [0.4, 0.5) is 0 Å². The highest BCUT2D eigenvalue weighted by molar-refractivity contribution is 4.75. The minimum Gasteiger partial charge on any atom is -0.388 e. The first kappa shape index (κ1) is 7.92. The molecule has 1 saturated heterocycles. The molecule has 0 radical (unpaired) electrons. The van der Waals surface area contributed by atoms with Gasteiger partial charge in [-0.2, -0.15) is 0 Å². The predicted octanol–water partition coefficient (Wildman–Crippen LogP) is 0.792. The molecule has 1 aliphatic rings. The van der Waals surface area contributed by atoms with Gasteiger partial charge in [-0.15, -0.1) is 0 Å². The summed E-state index contributed by atoms with van der Waals surface area (Å²) in [5.41, 5.74) is 0. The van der Waals surface area contributed by atoms with Gasteiger partial charge in [-0.1, -0.05) is 14.4 Å². The van der Waals surface area contributed by atoms with Gasteiger partial charge in [-0.25, -0.2) is 0 Å². The molecule has 1 rings (SSSR count). The van der Waals surface area contributed by atoms with Crippen molar-refractivity contribution in [2.24, 2.45) is 0 Å². The van der Waals surface area contributed by atoms with E-state index in [1.54, 1.807) is 0 Å². The van der Waals surface area contributed by atoms with Crippen molar-refractivity contribution >= 4 is 0 Å². The molecule has 0 aromatic carbocycles. The van der Waals surface area contributed by atoms with Crippen LogP contribution >= 0.6 is 0 Å². The largest absolute Gasteiger partial charge is 0.388 e. The van der Waals surface area contributed by atoms with E-state index in [0.717, 1.165) is 6.42 Å². The van der Waals surface area contributed by atoms with Gasteiger partial charge in [-0.05, 0) is 6.42 Å². The van der Waals surface area contributed by atoms with Crippen LogP contribution in [0.15, 0.2) is 0 Å². The SMILES string of the molecule is C.CCC1OCC1O. The van der Waals surface area contributed by atoms with Gasteiger partial charge in [0.1, 0.15) is 6.10 Å². The summed E-state index contributed by atoms with van der Waals surface area (Å²) in [6.45, 7) is 2.55. The molecule has 0 aromatic rings. The van der Waals surface area contributed by atoms with Crippen LogP contribution in [-0.2, 0) is 4.74 Å². The average Bonchev–Trinajstić information content (AvgIpc) is 1.65. The van der Waals surface area contributed by atoms with Crippen LogP contribution in [0.25, 0.3) is 0 Å². The number of aliphatic hydroxyl groups is 1. The lowest BCUT2D eigenvalue weighted by atomic mass is 10.1. The van der Waals surface area contributed by atoms with Gasteiger partial charge in [0, 0.05) is 0 Å². The fourth-order valence-electron chi connectivity index (χ4n) is 0.708. The number of aliphatic hydroxyl groups excluding tert-OH is 1. The van der Waals surface area contributed by atoms with E-state index in [2.05, 4.69) is 0 Å². The summed E-state index contributed by atoms with van der Waals surface area (Å²) in [6, 6.07) is 0. The molecule has 2 nitrogen and oxygen atoms in total. The van der Waals surface area contributed by atoms with Crippen molar-refractivity contribution in [2.45, 2.75) is 33.0 Å². The average molecular weight is 118 g/mol. The minimum absolute atomic E-state index is 0. The monoisotopic (exact) mass is 118 g/mol. The van der Waals surface area contributed by atoms with Crippen LogP contribution in [0, 0.1) is 0 Å². The van der Waals surface area contributed by atoms with E-state index in [1.165, 1.54) is 0 Å². The second kappa shape index (κ2) is 3.05. The van der Waals surface area contributed by atoms with Crippen molar-refractivity contribution in [1.82, 2.24) is 0 Å². The zero-order chi connectivity index (χ0) is 5.28. The Balaban J connectivity index is 0.000000490. The Morgan fingerprint density at radius 1 is 1.75 bits per heavy atom. The van der Waals surface area contributed by atoms with E-state index < -0.39 is 0 Å². The molecule has 0 bridgehead atoms. The number of rotatable bonds is 1. The number of hydrogen-bond donors (Lipinski definition) is 1. The maximum atomic E-state index is 8.78. The van der Waals surface area contributed by atoms with Crippen LogP contribution in [-0.4, -0.2) is 23.9 Å². The quantitative estimate of drug-likeness (QED) is 0.551. The lowest BCUT2D eigenvalue weighted by Crippen LogP contribution is -2.43. The number of ether oxygens (including phenoxy) is 1. The summed E-state index contributed by atoms with van der Waals surface area (Å²) in [4.78, 5) is 0. The Bertz CT molecular complexity index is 61.5. The van der Waals surface area contributed by atoms with Gasteiger partial charge in [0.25, 0.3) is 0 Å². The Labute approximate surface area is 50.5 Å². The molecular formula is C6H14O2. The topological polar surface area (TPSA) is 29.5 Å². The molecule has 50 valence electrons. The fourth-order valence-corrected chi connectivity index (χ4v) is 0.708. The Kier molecular flexibility index (Phi) is 3.02. The minimum atomic E-state index is -0.176. The van der Waals surface area contributed by atoms with Crippen LogP contribution in [0.3, 0.4) is 0 Å². The molecule has 0 saturated carbocycles. The summed E-state index contributed by atoms with van der Waals surface area (Å²) >= 11 is 0. The molecule has 2 unspecified atom stereocenters. The van der Waals surface area contributed by atoms with E-state index in [1.807, 2.05) is 6.92 Å². The Morgan fingerprint density at radius 3 is 2.38 bits per heavy atom. The van der Waals surface area contributed by atoms with Crippen molar-refractivity contribution in [2.75, 3.05) is 6.61 Å². The first-order chi connectivity index (χ1) is 3.34. The fraction of sp³-hybridized carbons (Fsp3) is 1.00. The van der Waals surface area contributed by atoms with E-state index >= 15 is 0 Å². The van der Waals surface area contributed by atoms with Gasteiger partial charge in [0.05, 0.1) is 12.7 Å². The summed E-state index contributed by atoms with van der Waals surface area (Å²) < 4.78 is 4.94. The molecule has 0 aliphatic carbocycles. The second-order valence-electron chi connectivity index (χ2n) is 1.85. The summed E-state index contributed by atoms with van der Waals surface area (Å²) in [6.07, 6.45) is 0.895. The molecule has 8 heavy (non-hydrogen) atoms. The molecule has 2 atom stereocenters. The molecule has 0 amide bonds. The third-order valence-electron chi connectivity index (χ3n) is 1.31. The van der Waals surface area contributed by atoms with Gasteiger partial charge in [0.15, 0.2) is 0 Å². The molecule has 0 aromatic heterocycles. The van der Waals surface area contributed by atoms with Crippen molar-refractivity contribution in [3.63, 3.8) is 0 Å². The highest BCUT2D eigenvalue weighted by Crippen LogP contribution is 2.14. The Hall–Kier alpha value is -0.0800. The van der Waals surface area contributed by atoms with E-state index in [9.17, 15) is 0 Å². The maximum absolute atomic E-state index is 8.78. The summed E-state index contributed by atoms with van der Waals surface area (Å²) in [5.74, 6) is 0. The first-order valence-corrected chi connectivity index (χ1v) is 2.64. The lowest BCUT2D eigenvalue weighted by Gasteiger charge is -2.31. The van der Waals surface area contributed by atoms with Gasteiger partial charge in [0.2, 0.25) is 0 Å². The highest BCUT2D eigenvalue weighted by atomic mass is 16.5. The third kappa shape index (κ3) is 1.20. The van der Waals surface area contributed by atoms with Crippen molar-refractivity contribution in [1.29, 1.82) is 0 Å². The molecule has 1 aliphatic heterocycles. The van der Waals surface area contributed by atoms with Gasteiger partial charge in [-0.3, -0.25) is 0 Å². The van der Waals surface area contributed by atoms with E-state index in [0.29, 0.717) is 6.61 Å². The first-order valence-electron chi connectivity index (χ1n) is 2.64. The van der Waals surface area contributed by atoms with E-state index in [-0.39, 0.29) is 19.6 Å². The predicted molar refractivity (Wildman–Crippen MR) is 32.8 cm³/mol. The normalized spacial score (nSPS) is 35.2. The van der Waals surface area contributed by atoms with Crippen LogP contribution in [0.2, 0.25) is 0 Å². The molecule has 1 heterocycles. The smallest absolute Gasteiger partial charge is 0.103 e. The standard InChI is InChI=1S/C5H10O2.CH4/c1-2-5-4(6)3-7-5;/h4-6H,2-3H2,1H3;1H4. The number of hydrogen-bond acceptors (Lipinski definition) is 2. The van der Waals surface area contributed by atoms with Crippen molar-refractivity contribution in [3.05, 3.63) is 0 Å². The maximum Gasteiger partial charge on any atom is 0.103 e. The van der Waals surface area contributed by atoms with Crippen LogP contribution < -0.4 is 0 Å². The third-order valence-corrected chi connectivity index (χ3v) is 1.31. The Morgan fingerprint density at radius 2 is 2.38 bits per heavy atom. The molecule has 1 N–H and O–H groups in total. The van der Waals surface area contributed by atoms with Crippen LogP contribution in [0.1, 0.15) is 20.8 Å². The molecule has 0 spiro atoms. The van der Waals surface area contributed by atoms with Crippen molar-refractivity contribution in [3.8, 4) is 0 Å². The second-order valence-corrected chi connectivity index (χ2v) is 1.85. The van der Waals surface area contributed by atoms with Gasteiger partial charge < -0.3 is 9.84 Å². The molecule has 2 heteroatoms. The molecule has 1 fully saturated rings. The zero-order valence-corrected chi connectivity index (χ0v) is 4.42. The highest BCUT2D eigenvalue weighted by Gasteiger charge is 2.27.